The second-order valence-electron chi connectivity index (χ2n) is 5.94. The number of likely N-dealkylation sites (tertiary alicyclic amines) is 1. The van der Waals surface area contributed by atoms with Crippen LogP contribution in [-0.2, 0) is 16.6 Å². The quantitative estimate of drug-likeness (QED) is 0.891. The van der Waals surface area contributed by atoms with Crippen LogP contribution in [0.5, 0.6) is 0 Å². The van der Waals surface area contributed by atoms with E-state index in [1.807, 2.05) is 6.92 Å². The molecule has 0 spiro atoms. The van der Waals surface area contributed by atoms with E-state index in [0.29, 0.717) is 23.2 Å². The first kappa shape index (κ1) is 16.5. The third-order valence-electron chi connectivity index (χ3n) is 4.23. The highest BCUT2D eigenvalue weighted by molar-refractivity contribution is 7.89. The molecule has 0 amide bonds. The molecule has 0 saturated carbocycles. The molecule has 2 heterocycles. The van der Waals surface area contributed by atoms with Gasteiger partial charge in [0.05, 0.1) is 11.9 Å². The number of aryl methyl sites for hydroxylation is 1. The van der Waals surface area contributed by atoms with Crippen molar-refractivity contribution in [1.29, 1.82) is 0 Å². The minimum Gasteiger partial charge on any atom is -0.301 e. The molecule has 0 aromatic carbocycles. The topological polar surface area (TPSA) is 67.2 Å². The lowest BCUT2D eigenvalue weighted by Gasteiger charge is -2.34. The van der Waals surface area contributed by atoms with E-state index in [1.54, 1.807) is 11.6 Å². The van der Waals surface area contributed by atoms with Crippen molar-refractivity contribution in [2.45, 2.75) is 64.1 Å². The molecule has 1 N–H and O–H groups in total. The van der Waals surface area contributed by atoms with Crippen LogP contribution in [0.15, 0.2) is 11.1 Å². The highest BCUT2D eigenvalue weighted by Gasteiger charge is 2.27. The molecule has 1 saturated heterocycles. The molecule has 0 radical (unpaired) electrons. The van der Waals surface area contributed by atoms with E-state index < -0.39 is 10.0 Å². The Hall–Kier alpha value is -0.920. The number of rotatable bonds is 5. The highest BCUT2D eigenvalue weighted by atomic mass is 32.2. The van der Waals surface area contributed by atoms with Crippen LogP contribution in [0.1, 0.15) is 39.3 Å². The number of nitrogens with one attached hydrogen (secondary N) is 1. The monoisotopic (exact) mass is 314 g/mol. The maximum absolute atomic E-state index is 12.5. The Kier molecular flexibility index (Phi) is 5.06. The van der Waals surface area contributed by atoms with Gasteiger partial charge in [0.1, 0.15) is 4.90 Å². The summed E-state index contributed by atoms with van der Waals surface area (Å²) in [6.45, 7) is 10.7. The van der Waals surface area contributed by atoms with Crippen molar-refractivity contribution < 1.29 is 8.42 Å². The van der Waals surface area contributed by atoms with E-state index >= 15 is 0 Å². The number of nitrogens with zero attached hydrogens (tertiary/aromatic N) is 3. The van der Waals surface area contributed by atoms with Crippen molar-refractivity contribution in [3.05, 3.63) is 11.9 Å². The Bertz CT molecular complexity index is 572. The maximum atomic E-state index is 12.5. The van der Waals surface area contributed by atoms with Gasteiger partial charge < -0.3 is 4.90 Å². The second-order valence-corrected chi connectivity index (χ2v) is 7.62. The van der Waals surface area contributed by atoms with Crippen molar-refractivity contribution in [1.82, 2.24) is 19.4 Å². The Morgan fingerprint density at radius 2 is 2.00 bits per heavy atom. The smallest absolute Gasteiger partial charge is 0.244 e. The third-order valence-corrected chi connectivity index (χ3v) is 5.85. The molecule has 6 nitrogen and oxygen atoms in total. The summed E-state index contributed by atoms with van der Waals surface area (Å²) < 4.78 is 29.5. The molecule has 1 aliphatic rings. The van der Waals surface area contributed by atoms with Crippen LogP contribution >= 0.6 is 0 Å². The molecule has 0 atom stereocenters. The van der Waals surface area contributed by atoms with E-state index in [0.717, 1.165) is 25.9 Å². The van der Waals surface area contributed by atoms with Crippen LogP contribution in [-0.4, -0.2) is 48.3 Å². The van der Waals surface area contributed by atoms with Gasteiger partial charge >= 0.3 is 0 Å². The highest BCUT2D eigenvalue weighted by Crippen LogP contribution is 2.18. The van der Waals surface area contributed by atoms with E-state index in [4.69, 9.17) is 0 Å². The molecule has 1 aromatic rings. The lowest BCUT2D eigenvalue weighted by atomic mass is 10.1. The van der Waals surface area contributed by atoms with Crippen LogP contribution in [0, 0.1) is 6.92 Å². The van der Waals surface area contributed by atoms with Gasteiger partial charge in [0.2, 0.25) is 10.0 Å². The van der Waals surface area contributed by atoms with Gasteiger partial charge in [-0.25, -0.2) is 13.1 Å². The summed E-state index contributed by atoms with van der Waals surface area (Å²) in [5, 5.41) is 4.12. The van der Waals surface area contributed by atoms with Crippen molar-refractivity contribution in [2.24, 2.45) is 0 Å². The molecule has 0 bridgehead atoms. The predicted octanol–water partition coefficient (Wildman–Crippen LogP) is 1.36. The van der Waals surface area contributed by atoms with Gasteiger partial charge in [-0.05, 0) is 53.6 Å². The molecule has 7 heteroatoms. The van der Waals surface area contributed by atoms with Gasteiger partial charge in [0.15, 0.2) is 0 Å². The summed E-state index contributed by atoms with van der Waals surface area (Å²) >= 11 is 0. The summed E-state index contributed by atoms with van der Waals surface area (Å²) in [5.41, 5.74) is 0.699. The Labute approximate surface area is 127 Å². The first-order valence-electron chi connectivity index (χ1n) is 7.64. The number of hydrogen-bond donors (Lipinski definition) is 1. The zero-order valence-electron chi connectivity index (χ0n) is 13.3. The van der Waals surface area contributed by atoms with Gasteiger partial charge in [-0.1, -0.05) is 0 Å². The first-order chi connectivity index (χ1) is 9.85. The Balaban J connectivity index is 2.03. The van der Waals surface area contributed by atoms with Crippen LogP contribution in [0.2, 0.25) is 0 Å². The van der Waals surface area contributed by atoms with Crippen LogP contribution in [0.4, 0.5) is 0 Å². The van der Waals surface area contributed by atoms with Crippen molar-refractivity contribution in [3.8, 4) is 0 Å². The van der Waals surface area contributed by atoms with Crippen molar-refractivity contribution >= 4 is 10.0 Å². The molecule has 2 rings (SSSR count). The SMILES string of the molecule is CCn1ncc(S(=O)(=O)NC2CCN(C(C)C)CC2)c1C. The fraction of sp³-hybridized carbons (Fsp3) is 0.786. The zero-order valence-corrected chi connectivity index (χ0v) is 14.2. The zero-order chi connectivity index (χ0) is 15.6. The fourth-order valence-corrected chi connectivity index (χ4v) is 4.31. The number of sulfonamides is 1. The summed E-state index contributed by atoms with van der Waals surface area (Å²) in [7, 11) is -3.47. The molecule has 120 valence electrons. The van der Waals surface area contributed by atoms with Gasteiger partial charge in [-0.2, -0.15) is 5.10 Å². The average Bonchev–Trinajstić information content (AvgIpc) is 2.80. The van der Waals surface area contributed by atoms with Gasteiger partial charge in [0.25, 0.3) is 0 Å². The van der Waals surface area contributed by atoms with Gasteiger partial charge in [0, 0.05) is 18.6 Å². The Morgan fingerprint density at radius 3 is 2.48 bits per heavy atom. The largest absolute Gasteiger partial charge is 0.301 e. The number of hydrogen-bond acceptors (Lipinski definition) is 4. The minimum atomic E-state index is -3.47. The molecular weight excluding hydrogens is 288 g/mol. The molecule has 0 unspecified atom stereocenters. The average molecular weight is 314 g/mol. The standard InChI is InChI=1S/C14H26N4O2S/c1-5-18-12(4)14(10-15-18)21(19,20)16-13-6-8-17(9-7-13)11(2)3/h10-11,13,16H,5-9H2,1-4H3. The number of piperidine rings is 1. The normalized spacial score (nSPS) is 18.5. The molecular formula is C14H26N4O2S. The van der Waals surface area contributed by atoms with Crippen LogP contribution in [0.3, 0.4) is 0 Å². The summed E-state index contributed by atoms with van der Waals surface area (Å²) in [4.78, 5) is 2.68. The minimum absolute atomic E-state index is 0.0226. The fourth-order valence-electron chi connectivity index (χ4n) is 2.83. The van der Waals surface area contributed by atoms with E-state index in [-0.39, 0.29) is 6.04 Å². The predicted molar refractivity (Wildman–Crippen MR) is 82.7 cm³/mol. The Morgan fingerprint density at radius 1 is 1.38 bits per heavy atom. The van der Waals surface area contributed by atoms with E-state index in [9.17, 15) is 8.42 Å². The molecule has 0 aliphatic carbocycles. The maximum Gasteiger partial charge on any atom is 0.244 e. The van der Waals surface area contributed by atoms with Crippen LogP contribution in [0.25, 0.3) is 0 Å². The molecule has 1 fully saturated rings. The van der Waals surface area contributed by atoms with E-state index in [1.165, 1.54) is 6.20 Å². The molecule has 21 heavy (non-hydrogen) atoms. The molecule has 1 aromatic heterocycles. The van der Waals surface area contributed by atoms with Gasteiger partial charge in [-0.3, -0.25) is 4.68 Å². The van der Waals surface area contributed by atoms with E-state index in [2.05, 4.69) is 28.6 Å². The van der Waals surface area contributed by atoms with Crippen molar-refractivity contribution in [2.75, 3.05) is 13.1 Å². The third kappa shape index (κ3) is 3.64. The summed E-state index contributed by atoms with van der Waals surface area (Å²) in [5.74, 6) is 0. The summed E-state index contributed by atoms with van der Waals surface area (Å²) in [6.07, 6.45) is 3.17. The lowest BCUT2D eigenvalue weighted by Crippen LogP contribution is -2.46. The van der Waals surface area contributed by atoms with Crippen LogP contribution < -0.4 is 4.72 Å². The van der Waals surface area contributed by atoms with Gasteiger partial charge in [-0.15, -0.1) is 0 Å². The summed E-state index contributed by atoms with van der Waals surface area (Å²) in [6, 6.07) is 0.543. The second kappa shape index (κ2) is 6.46. The number of aromatic nitrogens is 2. The first-order valence-corrected chi connectivity index (χ1v) is 9.12. The lowest BCUT2D eigenvalue weighted by molar-refractivity contribution is 0.168. The molecule has 1 aliphatic heterocycles. The van der Waals surface area contributed by atoms with Crippen molar-refractivity contribution in [3.63, 3.8) is 0 Å².